The molecule has 4 N–H and O–H groups in total. The highest BCUT2D eigenvalue weighted by Gasteiger charge is 2.33. The molecule has 1 amide bonds. The Bertz CT molecular complexity index is 205. The van der Waals surface area contributed by atoms with Crippen molar-refractivity contribution >= 4 is 11.9 Å². The van der Waals surface area contributed by atoms with E-state index in [2.05, 4.69) is 5.73 Å². The van der Waals surface area contributed by atoms with Crippen molar-refractivity contribution in [3.63, 3.8) is 0 Å². The summed E-state index contributed by atoms with van der Waals surface area (Å²) in [6, 6.07) is -0.612. The Hall–Kier alpha value is -1.10. The average Bonchev–Trinajstić information content (AvgIpc) is 2.50. The molecule has 0 radical (unpaired) electrons. The molecular weight excluding hydrogens is 160 g/mol. The van der Waals surface area contributed by atoms with Gasteiger partial charge in [0.05, 0.1) is 0 Å². The maximum Gasteiger partial charge on any atom is 0.326 e. The lowest BCUT2D eigenvalue weighted by molar-refractivity contribution is -0.357. The second-order valence-corrected chi connectivity index (χ2v) is 2.83. The van der Waals surface area contributed by atoms with E-state index in [1.54, 1.807) is 0 Å². The highest BCUT2D eigenvalue weighted by molar-refractivity contribution is 5.84. The number of hydrogen-bond acceptors (Lipinski definition) is 2. The number of amides is 1. The number of aliphatic carboxylic acids is 1. The van der Waals surface area contributed by atoms with Crippen molar-refractivity contribution in [1.29, 1.82) is 0 Å². The van der Waals surface area contributed by atoms with E-state index in [1.165, 1.54) is 4.90 Å². The second-order valence-electron chi connectivity index (χ2n) is 2.83. The van der Waals surface area contributed by atoms with E-state index < -0.39 is 12.0 Å². The molecule has 1 rings (SSSR count). The van der Waals surface area contributed by atoms with Crippen molar-refractivity contribution in [3.05, 3.63) is 0 Å². The second kappa shape index (κ2) is 3.53. The van der Waals surface area contributed by atoms with Crippen LogP contribution >= 0.6 is 0 Å². The third-order valence-corrected chi connectivity index (χ3v) is 2.07. The summed E-state index contributed by atoms with van der Waals surface area (Å²) in [5.74, 6) is -1.07. The van der Waals surface area contributed by atoms with Crippen LogP contribution in [0.4, 0.5) is 0 Å². The summed E-state index contributed by atoms with van der Waals surface area (Å²) < 4.78 is 0. The van der Waals surface area contributed by atoms with Gasteiger partial charge in [0.1, 0.15) is 6.04 Å². The van der Waals surface area contributed by atoms with Gasteiger partial charge < -0.3 is 15.7 Å². The maximum atomic E-state index is 11.1. The van der Waals surface area contributed by atoms with E-state index in [0.29, 0.717) is 13.0 Å². The van der Waals surface area contributed by atoms with Crippen LogP contribution in [-0.4, -0.2) is 41.0 Å². The molecule has 0 aromatic carbocycles. The summed E-state index contributed by atoms with van der Waals surface area (Å²) in [6.07, 6.45) is 1.35. The molecule has 5 heteroatoms. The molecule has 0 saturated carbocycles. The van der Waals surface area contributed by atoms with Gasteiger partial charge in [0, 0.05) is 6.54 Å². The molecule has 1 aliphatic rings. The van der Waals surface area contributed by atoms with Gasteiger partial charge in [-0.25, -0.2) is 4.79 Å². The van der Waals surface area contributed by atoms with Crippen molar-refractivity contribution < 1.29 is 20.4 Å². The molecule has 0 spiro atoms. The smallest absolute Gasteiger partial charge is 0.326 e. The standard InChI is InChI=1S/C7H12N2O3/c8-4-6(10)9-3-1-2-5(9)7(11)12/h5H,1-4,8H2,(H,11,12)/p+1/t5-/m0/s1. The number of rotatable bonds is 2. The first-order valence-corrected chi connectivity index (χ1v) is 3.98. The fourth-order valence-electron chi connectivity index (χ4n) is 1.47. The molecule has 1 heterocycles. The van der Waals surface area contributed by atoms with E-state index in [-0.39, 0.29) is 12.5 Å². The summed E-state index contributed by atoms with van der Waals surface area (Å²) in [7, 11) is 0. The number of carboxylic acids is 1. The first kappa shape index (κ1) is 8.99. The summed E-state index contributed by atoms with van der Waals surface area (Å²) in [6.45, 7) is 0.703. The Kier molecular flexibility index (Phi) is 2.65. The van der Waals surface area contributed by atoms with Gasteiger partial charge in [0.25, 0.3) is 5.91 Å². The van der Waals surface area contributed by atoms with Crippen LogP contribution < -0.4 is 5.73 Å². The molecule has 0 aromatic rings. The molecular formula is C7H13N2O3+. The summed E-state index contributed by atoms with van der Waals surface area (Å²) >= 11 is 0. The van der Waals surface area contributed by atoms with Gasteiger partial charge >= 0.3 is 5.97 Å². The van der Waals surface area contributed by atoms with Gasteiger partial charge in [0.15, 0.2) is 6.54 Å². The third kappa shape index (κ3) is 1.55. The molecule has 0 bridgehead atoms. The minimum Gasteiger partial charge on any atom is -0.480 e. The lowest BCUT2D eigenvalue weighted by atomic mass is 10.2. The monoisotopic (exact) mass is 173 g/mol. The minimum absolute atomic E-state index is 0.143. The highest BCUT2D eigenvalue weighted by atomic mass is 16.4. The van der Waals surface area contributed by atoms with E-state index >= 15 is 0 Å². The fourth-order valence-corrected chi connectivity index (χ4v) is 1.47. The Labute approximate surface area is 70.1 Å². The normalized spacial score (nSPS) is 22.8. The fraction of sp³-hybridized carbons (Fsp3) is 0.714. The zero-order chi connectivity index (χ0) is 9.14. The molecule has 1 aliphatic heterocycles. The van der Waals surface area contributed by atoms with E-state index in [4.69, 9.17) is 5.11 Å². The van der Waals surface area contributed by atoms with Crippen LogP contribution in [0.3, 0.4) is 0 Å². The van der Waals surface area contributed by atoms with Crippen molar-refractivity contribution in [1.82, 2.24) is 4.90 Å². The predicted molar refractivity (Wildman–Crippen MR) is 40.1 cm³/mol. The van der Waals surface area contributed by atoms with E-state index in [9.17, 15) is 9.59 Å². The first-order chi connectivity index (χ1) is 5.66. The summed E-state index contributed by atoms with van der Waals surface area (Å²) in [5.41, 5.74) is 3.44. The van der Waals surface area contributed by atoms with Crippen LogP contribution in [0, 0.1) is 0 Å². The van der Waals surface area contributed by atoms with Crippen LogP contribution in [0.2, 0.25) is 0 Å². The van der Waals surface area contributed by atoms with Gasteiger partial charge in [0.2, 0.25) is 0 Å². The van der Waals surface area contributed by atoms with Crippen LogP contribution in [0.5, 0.6) is 0 Å². The molecule has 5 nitrogen and oxygen atoms in total. The van der Waals surface area contributed by atoms with Gasteiger partial charge in [-0.05, 0) is 12.8 Å². The lowest BCUT2D eigenvalue weighted by Gasteiger charge is -2.19. The molecule has 0 aliphatic carbocycles. The van der Waals surface area contributed by atoms with Crippen molar-refractivity contribution in [2.75, 3.05) is 13.1 Å². The van der Waals surface area contributed by atoms with Crippen LogP contribution in [0.25, 0.3) is 0 Å². The number of carbonyl (C=O) groups excluding carboxylic acids is 1. The van der Waals surface area contributed by atoms with Gasteiger partial charge in [-0.2, -0.15) is 0 Å². The number of quaternary nitrogens is 1. The Morgan fingerprint density at radius 2 is 2.25 bits per heavy atom. The SMILES string of the molecule is [NH3+]CC(=O)N1CCC[C@H]1C(=O)O. The molecule has 0 unspecified atom stereocenters. The maximum absolute atomic E-state index is 11.1. The Morgan fingerprint density at radius 3 is 2.75 bits per heavy atom. The number of nitrogens with zero attached hydrogens (tertiary/aromatic N) is 1. The van der Waals surface area contributed by atoms with E-state index in [0.717, 1.165) is 6.42 Å². The number of hydrogen-bond donors (Lipinski definition) is 2. The van der Waals surface area contributed by atoms with Crippen molar-refractivity contribution in [2.24, 2.45) is 0 Å². The number of likely N-dealkylation sites (tertiary alicyclic amines) is 1. The minimum atomic E-state index is -0.908. The number of carbonyl (C=O) groups is 2. The van der Waals surface area contributed by atoms with Crippen molar-refractivity contribution in [2.45, 2.75) is 18.9 Å². The predicted octanol–water partition coefficient (Wildman–Crippen LogP) is -1.70. The third-order valence-electron chi connectivity index (χ3n) is 2.07. The van der Waals surface area contributed by atoms with Crippen LogP contribution in [0.15, 0.2) is 0 Å². The van der Waals surface area contributed by atoms with Crippen LogP contribution in [0.1, 0.15) is 12.8 Å². The molecule has 1 fully saturated rings. The molecule has 0 aromatic heterocycles. The molecule has 1 saturated heterocycles. The molecule has 12 heavy (non-hydrogen) atoms. The van der Waals surface area contributed by atoms with Gasteiger partial charge in [-0.1, -0.05) is 0 Å². The summed E-state index contributed by atoms with van der Waals surface area (Å²) in [4.78, 5) is 23.1. The highest BCUT2D eigenvalue weighted by Crippen LogP contribution is 2.16. The molecule has 68 valence electrons. The van der Waals surface area contributed by atoms with Crippen LogP contribution in [-0.2, 0) is 9.59 Å². The van der Waals surface area contributed by atoms with E-state index in [1.807, 2.05) is 0 Å². The Morgan fingerprint density at radius 1 is 1.58 bits per heavy atom. The average molecular weight is 173 g/mol. The topological polar surface area (TPSA) is 85.3 Å². The zero-order valence-corrected chi connectivity index (χ0v) is 6.82. The van der Waals surface area contributed by atoms with Gasteiger partial charge in [-0.3, -0.25) is 4.79 Å². The van der Waals surface area contributed by atoms with Crippen molar-refractivity contribution in [3.8, 4) is 0 Å². The largest absolute Gasteiger partial charge is 0.480 e. The zero-order valence-electron chi connectivity index (χ0n) is 6.82. The Balaban J connectivity index is 2.63. The molecule has 1 atom stereocenters. The lowest BCUT2D eigenvalue weighted by Crippen LogP contribution is -2.59. The number of carboxylic acid groups (broad SMARTS) is 1. The summed E-state index contributed by atoms with van der Waals surface area (Å²) in [5, 5.41) is 8.71. The quantitative estimate of drug-likeness (QED) is 0.522. The first-order valence-electron chi connectivity index (χ1n) is 3.98. The van der Waals surface area contributed by atoms with Gasteiger partial charge in [-0.15, -0.1) is 0 Å².